The van der Waals surface area contributed by atoms with Crippen LogP contribution in [0.25, 0.3) is 0 Å². The largest absolute Gasteiger partial charge is 0.456 e. The number of amides is 2. The van der Waals surface area contributed by atoms with Gasteiger partial charge in [0.1, 0.15) is 5.82 Å². The summed E-state index contributed by atoms with van der Waals surface area (Å²) >= 11 is 5.97. The van der Waals surface area contributed by atoms with E-state index in [2.05, 4.69) is 5.10 Å². The predicted molar refractivity (Wildman–Crippen MR) is 117 cm³/mol. The molecule has 2 aromatic carbocycles. The summed E-state index contributed by atoms with van der Waals surface area (Å²) in [6.07, 6.45) is 0.411. The molecule has 0 bridgehead atoms. The molecule has 2 amide bonds. The average molecular weight is 460 g/mol. The normalized spacial score (nSPS) is 13.0. The van der Waals surface area contributed by atoms with Crippen LogP contribution in [-0.4, -0.2) is 53.6 Å². The van der Waals surface area contributed by atoms with Gasteiger partial charge in [-0.05, 0) is 17.7 Å². The van der Waals surface area contributed by atoms with E-state index in [0.717, 1.165) is 11.3 Å². The highest BCUT2D eigenvalue weighted by Crippen LogP contribution is 2.20. The molecule has 7 nitrogen and oxygen atoms in total. The predicted octanol–water partition coefficient (Wildman–Crippen LogP) is 3.40. The number of nitrogens with zero attached hydrogens (tertiary/aromatic N) is 3. The highest BCUT2D eigenvalue weighted by atomic mass is 35.5. The van der Waals surface area contributed by atoms with Gasteiger partial charge in [-0.15, -0.1) is 0 Å². The fourth-order valence-corrected chi connectivity index (χ4v) is 3.36. The summed E-state index contributed by atoms with van der Waals surface area (Å²) in [6, 6.07) is 13.8. The van der Waals surface area contributed by atoms with Crippen molar-refractivity contribution < 1.29 is 23.5 Å². The van der Waals surface area contributed by atoms with E-state index in [1.165, 1.54) is 35.2 Å². The van der Waals surface area contributed by atoms with E-state index in [1.807, 2.05) is 30.3 Å². The zero-order valence-corrected chi connectivity index (χ0v) is 18.3. The van der Waals surface area contributed by atoms with Crippen LogP contribution in [0.3, 0.4) is 0 Å². The lowest BCUT2D eigenvalue weighted by atomic mass is 10.1. The second kappa shape index (κ2) is 10.9. The Bertz CT molecular complexity index is 1010. The number of esters is 1. The number of hydrogen-bond acceptors (Lipinski definition) is 5. The van der Waals surface area contributed by atoms with Gasteiger partial charge in [-0.25, -0.2) is 9.40 Å². The van der Waals surface area contributed by atoms with Gasteiger partial charge in [0.15, 0.2) is 6.61 Å². The van der Waals surface area contributed by atoms with Crippen LogP contribution in [0.5, 0.6) is 0 Å². The Morgan fingerprint density at radius 3 is 2.59 bits per heavy atom. The van der Waals surface area contributed by atoms with Crippen molar-refractivity contribution in [1.29, 1.82) is 0 Å². The smallest absolute Gasteiger partial charge is 0.306 e. The minimum absolute atomic E-state index is 0.0584. The molecular weight excluding hydrogens is 437 g/mol. The van der Waals surface area contributed by atoms with E-state index in [0.29, 0.717) is 13.0 Å². The molecule has 1 heterocycles. The SMILES string of the molecule is CN(Cc1c(F)cccc1Cl)C(=O)COC(=O)CCC(=O)N1CCC(c2ccccc2)=N1. The lowest BCUT2D eigenvalue weighted by Gasteiger charge is -2.18. The van der Waals surface area contributed by atoms with Gasteiger partial charge in [0.25, 0.3) is 5.91 Å². The van der Waals surface area contributed by atoms with Gasteiger partial charge in [0.2, 0.25) is 5.91 Å². The maximum Gasteiger partial charge on any atom is 0.306 e. The Hall–Kier alpha value is -3.26. The van der Waals surface area contributed by atoms with Crippen LogP contribution in [0.15, 0.2) is 53.6 Å². The second-order valence-corrected chi connectivity index (χ2v) is 7.70. The molecule has 0 atom stereocenters. The van der Waals surface area contributed by atoms with Crippen molar-refractivity contribution in [3.05, 3.63) is 70.5 Å². The van der Waals surface area contributed by atoms with E-state index < -0.39 is 24.3 Å². The highest BCUT2D eigenvalue weighted by molar-refractivity contribution is 6.31. The molecule has 1 aliphatic heterocycles. The van der Waals surface area contributed by atoms with E-state index in [4.69, 9.17) is 16.3 Å². The average Bonchev–Trinajstić information content (AvgIpc) is 3.29. The van der Waals surface area contributed by atoms with Crippen LogP contribution in [-0.2, 0) is 25.7 Å². The number of ether oxygens (including phenoxy) is 1. The van der Waals surface area contributed by atoms with Crippen LogP contribution >= 0.6 is 11.6 Å². The Labute approximate surface area is 190 Å². The Morgan fingerprint density at radius 1 is 1.12 bits per heavy atom. The van der Waals surface area contributed by atoms with Gasteiger partial charge < -0.3 is 9.64 Å². The summed E-state index contributed by atoms with van der Waals surface area (Å²) in [5, 5.41) is 5.90. The van der Waals surface area contributed by atoms with Crippen molar-refractivity contribution in [2.24, 2.45) is 5.10 Å². The Kier molecular flexibility index (Phi) is 7.94. The molecule has 0 aromatic heterocycles. The number of carbonyl (C=O) groups excluding carboxylic acids is 3. The lowest BCUT2D eigenvalue weighted by molar-refractivity contribution is -0.152. The molecule has 32 heavy (non-hydrogen) atoms. The quantitative estimate of drug-likeness (QED) is 0.567. The Balaban J connectivity index is 1.41. The molecule has 1 aliphatic rings. The number of hydrazone groups is 1. The summed E-state index contributed by atoms with van der Waals surface area (Å²) in [4.78, 5) is 37.7. The first-order valence-electron chi connectivity index (χ1n) is 10.1. The molecule has 0 unspecified atom stereocenters. The molecule has 0 saturated heterocycles. The van der Waals surface area contributed by atoms with Gasteiger partial charge in [-0.2, -0.15) is 5.10 Å². The monoisotopic (exact) mass is 459 g/mol. The first kappa shape index (κ1) is 23.4. The van der Waals surface area contributed by atoms with Crippen molar-refractivity contribution in [3.63, 3.8) is 0 Å². The number of likely N-dealkylation sites (N-methyl/N-ethyl adjacent to an activating group) is 1. The lowest BCUT2D eigenvalue weighted by Crippen LogP contribution is -2.31. The maximum absolute atomic E-state index is 13.9. The third-order valence-electron chi connectivity index (χ3n) is 4.98. The molecule has 9 heteroatoms. The van der Waals surface area contributed by atoms with Crippen molar-refractivity contribution in [2.45, 2.75) is 25.8 Å². The molecule has 0 spiro atoms. The van der Waals surface area contributed by atoms with Crippen LogP contribution < -0.4 is 0 Å². The molecule has 0 aliphatic carbocycles. The number of rotatable bonds is 8. The highest BCUT2D eigenvalue weighted by Gasteiger charge is 2.22. The van der Waals surface area contributed by atoms with Crippen LogP contribution in [0.1, 0.15) is 30.4 Å². The summed E-state index contributed by atoms with van der Waals surface area (Å²) in [5.74, 6) is -1.99. The third-order valence-corrected chi connectivity index (χ3v) is 5.33. The zero-order valence-electron chi connectivity index (χ0n) is 17.6. The summed E-state index contributed by atoms with van der Waals surface area (Å²) in [7, 11) is 1.46. The number of carbonyl (C=O) groups is 3. The standard InChI is InChI=1S/C23H23ClFN3O4/c1-27(14-17-18(24)8-5-9-19(17)25)22(30)15-32-23(31)11-10-21(29)28-13-12-20(26-28)16-6-3-2-4-7-16/h2-9H,10-15H2,1H3. The number of benzene rings is 2. The Morgan fingerprint density at radius 2 is 1.88 bits per heavy atom. The van der Waals surface area contributed by atoms with Crippen LogP contribution in [0, 0.1) is 5.82 Å². The first-order chi connectivity index (χ1) is 15.3. The summed E-state index contributed by atoms with van der Waals surface area (Å²) in [6.45, 7) is -0.104. The minimum atomic E-state index is -0.671. The third kappa shape index (κ3) is 6.13. The van der Waals surface area contributed by atoms with E-state index in [-0.39, 0.29) is 35.9 Å². The van der Waals surface area contributed by atoms with Crippen LogP contribution in [0.2, 0.25) is 5.02 Å². The first-order valence-corrected chi connectivity index (χ1v) is 10.5. The van der Waals surface area contributed by atoms with Gasteiger partial charge in [0.05, 0.1) is 18.7 Å². The van der Waals surface area contributed by atoms with E-state index in [1.54, 1.807) is 0 Å². The molecule has 0 radical (unpaired) electrons. The second-order valence-electron chi connectivity index (χ2n) is 7.29. The van der Waals surface area contributed by atoms with Crippen molar-refractivity contribution in [2.75, 3.05) is 20.2 Å². The van der Waals surface area contributed by atoms with Gasteiger partial charge in [-0.1, -0.05) is 48.0 Å². The van der Waals surface area contributed by atoms with Gasteiger partial charge in [0, 0.05) is 37.0 Å². The maximum atomic E-state index is 13.9. The van der Waals surface area contributed by atoms with E-state index >= 15 is 0 Å². The fourth-order valence-electron chi connectivity index (χ4n) is 3.14. The molecule has 168 valence electrons. The van der Waals surface area contributed by atoms with Gasteiger partial charge >= 0.3 is 5.97 Å². The molecule has 0 fully saturated rings. The zero-order chi connectivity index (χ0) is 23.1. The summed E-state index contributed by atoms with van der Waals surface area (Å²) < 4.78 is 18.8. The van der Waals surface area contributed by atoms with Crippen molar-refractivity contribution >= 4 is 35.1 Å². The van der Waals surface area contributed by atoms with Crippen LogP contribution in [0.4, 0.5) is 4.39 Å². The molecule has 3 rings (SSSR count). The number of hydrogen-bond donors (Lipinski definition) is 0. The van der Waals surface area contributed by atoms with Gasteiger partial charge in [-0.3, -0.25) is 14.4 Å². The fraction of sp³-hybridized carbons (Fsp3) is 0.304. The minimum Gasteiger partial charge on any atom is -0.456 e. The molecule has 0 N–H and O–H groups in total. The number of halogens is 2. The topological polar surface area (TPSA) is 79.3 Å². The molecule has 2 aromatic rings. The van der Waals surface area contributed by atoms with Crippen molar-refractivity contribution in [1.82, 2.24) is 9.91 Å². The molecule has 0 saturated carbocycles. The molecular formula is C23H23ClFN3O4. The van der Waals surface area contributed by atoms with E-state index in [9.17, 15) is 18.8 Å². The van der Waals surface area contributed by atoms with Crippen molar-refractivity contribution in [3.8, 4) is 0 Å². The summed E-state index contributed by atoms with van der Waals surface area (Å²) in [5.41, 5.74) is 1.97.